The van der Waals surface area contributed by atoms with Crippen molar-refractivity contribution < 1.29 is 19.1 Å². The summed E-state index contributed by atoms with van der Waals surface area (Å²) in [5, 5.41) is 2.98. The van der Waals surface area contributed by atoms with Crippen LogP contribution in [0.3, 0.4) is 0 Å². The van der Waals surface area contributed by atoms with Gasteiger partial charge in [0.1, 0.15) is 18.8 Å². The van der Waals surface area contributed by atoms with Gasteiger partial charge in [-0.3, -0.25) is 14.4 Å². The van der Waals surface area contributed by atoms with Gasteiger partial charge in [-0.05, 0) is 25.1 Å². The number of carbonyl (C=O) groups is 2. The lowest BCUT2D eigenvalue weighted by Crippen LogP contribution is -2.40. The molecule has 31 heavy (non-hydrogen) atoms. The normalized spacial score (nSPS) is 12.4. The summed E-state index contributed by atoms with van der Waals surface area (Å²) in [6.45, 7) is 3.38. The number of fused-ring (bicyclic) bond motifs is 2. The van der Waals surface area contributed by atoms with E-state index in [0.29, 0.717) is 48.7 Å². The predicted octanol–water partition coefficient (Wildman–Crippen LogP) is 2.08. The lowest BCUT2D eigenvalue weighted by molar-refractivity contribution is -0.130. The van der Waals surface area contributed by atoms with E-state index in [4.69, 9.17) is 9.47 Å². The molecule has 0 spiro atoms. The second-order valence-corrected chi connectivity index (χ2v) is 7.11. The minimum Gasteiger partial charge on any atom is -0.486 e. The Bertz CT molecular complexity index is 1190. The summed E-state index contributed by atoms with van der Waals surface area (Å²) in [4.78, 5) is 42.4. The van der Waals surface area contributed by atoms with Crippen LogP contribution in [0.5, 0.6) is 11.5 Å². The molecule has 0 atom stereocenters. The van der Waals surface area contributed by atoms with Crippen LogP contribution < -0.4 is 20.2 Å². The number of pyridine rings is 1. The molecule has 8 heteroatoms. The third kappa shape index (κ3) is 4.23. The van der Waals surface area contributed by atoms with Crippen LogP contribution in [0, 0.1) is 0 Å². The molecule has 1 aliphatic rings. The highest BCUT2D eigenvalue weighted by Gasteiger charge is 2.21. The van der Waals surface area contributed by atoms with Gasteiger partial charge in [-0.15, -0.1) is 0 Å². The smallest absolute Gasteiger partial charge is 0.257 e. The highest BCUT2D eigenvalue weighted by molar-refractivity contribution is 5.98. The van der Waals surface area contributed by atoms with Crippen LogP contribution in [0.1, 0.15) is 22.8 Å². The maximum Gasteiger partial charge on any atom is 0.257 e. The fraction of sp³-hybridized carbons (Fsp3) is 0.261. The summed E-state index contributed by atoms with van der Waals surface area (Å²) in [7, 11) is 0. The maximum atomic E-state index is 12.7. The molecule has 0 fully saturated rings. The Morgan fingerprint density at radius 2 is 1.90 bits per heavy atom. The molecule has 0 bridgehead atoms. The molecule has 2 heterocycles. The van der Waals surface area contributed by atoms with Crippen molar-refractivity contribution >= 4 is 22.7 Å². The van der Waals surface area contributed by atoms with Gasteiger partial charge in [0.05, 0.1) is 6.54 Å². The number of nitrogens with zero attached hydrogens (tertiary/aromatic N) is 1. The number of aromatic nitrogens is 1. The zero-order chi connectivity index (χ0) is 21.8. The average molecular weight is 421 g/mol. The van der Waals surface area contributed by atoms with Crippen molar-refractivity contribution in [3.63, 3.8) is 0 Å². The third-order valence-corrected chi connectivity index (χ3v) is 5.18. The number of carbonyl (C=O) groups excluding carboxylic acids is 2. The Morgan fingerprint density at radius 3 is 2.74 bits per heavy atom. The van der Waals surface area contributed by atoms with Gasteiger partial charge in [-0.25, -0.2) is 0 Å². The number of H-pyrrole nitrogens is 1. The Hall–Kier alpha value is -3.81. The summed E-state index contributed by atoms with van der Waals surface area (Å²) in [6.07, 6.45) is 1.37. The molecule has 2 amide bonds. The number of benzene rings is 2. The fourth-order valence-electron chi connectivity index (χ4n) is 3.54. The molecule has 0 radical (unpaired) electrons. The van der Waals surface area contributed by atoms with E-state index in [9.17, 15) is 14.4 Å². The Kier molecular flexibility index (Phi) is 5.88. The van der Waals surface area contributed by atoms with Crippen molar-refractivity contribution in [1.82, 2.24) is 15.2 Å². The molecule has 3 aromatic rings. The van der Waals surface area contributed by atoms with Crippen molar-refractivity contribution in [3.05, 3.63) is 70.0 Å². The largest absolute Gasteiger partial charge is 0.486 e. The fourth-order valence-corrected chi connectivity index (χ4v) is 3.54. The first kappa shape index (κ1) is 20.5. The van der Waals surface area contributed by atoms with E-state index in [1.165, 1.54) is 6.20 Å². The van der Waals surface area contributed by atoms with Gasteiger partial charge < -0.3 is 24.7 Å². The summed E-state index contributed by atoms with van der Waals surface area (Å²) >= 11 is 0. The first-order chi connectivity index (χ1) is 15.1. The van der Waals surface area contributed by atoms with Crippen molar-refractivity contribution in [3.8, 4) is 11.5 Å². The second-order valence-electron chi connectivity index (χ2n) is 7.11. The van der Waals surface area contributed by atoms with E-state index in [0.717, 1.165) is 5.56 Å². The molecular weight excluding hydrogens is 398 g/mol. The highest BCUT2D eigenvalue weighted by atomic mass is 16.6. The number of likely N-dealkylation sites (N-methyl/N-ethyl adjacent to an activating group) is 1. The number of aromatic amines is 1. The lowest BCUT2D eigenvalue weighted by atomic mass is 10.1. The molecule has 4 rings (SSSR count). The number of hydrogen-bond donors (Lipinski definition) is 2. The first-order valence-corrected chi connectivity index (χ1v) is 10.1. The molecule has 0 aliphatic carbocycles. The summed E-state index contributed by atoms with van der Waals surface area (Å²) < 4.78 is 11.3. The number of rotatable bonds is 6. The van der Waals surface area contributed by atoms with E-state index in [1.807, 2.05) is 25.1 Å². The van der Waals surface area contributed by atoms with Crippen LogP contribution in [0.2, 0.25) is 0 Å². The Balaban J connectivity index is 1.44. The summed E-state index contributed by atoms with van der Waals surface area (Å²) in [5.41, 5.74) is 1.08. The van der Waals surface area contributed by atoms with E-state index in [1.54, 1.807) is 29.2 Å². The third-order valence-electron chi connectivity index (χ3n) is 5.18. The van der Waals surface area contributed by atoms with Gasteiger partial charge in [0, 0.05) is 35.8 Å². The molecule has 2 aromatic carbocycles. The molecule has 1 aliphatic heterocycles. The van der Waals surface area contributed by atoms with Gasteiger partial charge in [0.25, 0.3) is 5.91 Å². The van der Waals surface area contributed by atoms with Crippen molar-refractivity contribution in [2.75, 3.05) is 26.3 Å². The minimum absolute atomic E-state index is 0.0303. The van der Waals surface area contributed by atoms with Crippen LogP contribution in [0.25, 0.3) is 10.9 Å². The molecule has 8 nitrogen and oxygen atoms in total. The SMILES string of the molecule is CCN(Cc1cccc2c1OCCO2)C(=O)CNC(=O)c1c[nH]c2ccccc2c1=O. The van der Waals surface area contributed by atoms with E-state index >= 15 is 0 Å². The zero-order valence-corrected chi connectivity index (χ0v) is 17.1. The quantitative estimate of drug-likeness (QED) is 0.635. The topological polar surface area (TPSA) is 101 Å². The van der Waals surface area contributed by atoms with Crippen molar-refractivity contribution in [2.45, 2.75) is 13.5 Å². The Morgan fingerprint density at radius 1 is 1.10 bits per heavy atom. The van der Waals surface area contributed by atoms with Gasteiger partial charge in [0.2, 0.25) is 11.3 Å². The van der Waals surface area contributed by atoms with Crippen molar-refractivity contribution in [2.24, 2.45) is 0 Å². The van der Waals surface area contributed by atoms with Crippen LogP contribution in [-0.4, -0.2) is 48.0 Å². The number of para-hydroxylation sites is 2. The number of hydrogen-bond acceptors (Lipinski definition) is 5. The average Bonchev–Trinajstić information content (AvgIpc) is 2.81. The molecule has 2 N–H and O–H groups in total. The standard InChI is InChI=1S/C23H23N3O5/c1-2-26(14-15-6-5-9-19-22(15)31-11-10-30-19)20(27)13-25-23(29)17-12-24-18-8-4-3-7-16(18)21(17)28/h3-9,12H,2,10-11,13-14H2,1H3,(H,24,28)(H,25,29). The van der Waals surface area contributed by atoms with Gasteiger partial charge in [-0.1, -0.05) is 24.3 Å². The monoisotopic (exact) mass is 421 g/mol. The molecule has 0 saturated heterocycles. The predicted molar refractivity (Wildman–Crippen MR) is 115 cm³/mol. The minimum atomic E-state index is -0.592. The van der Waals surface area contributed by atoms with Crippen LogP contribution in [0.4, 0.5) is 0 Å². The summed E-state index contributed by atoms with van der Waals surface area (Å²) in [5.74, 6) is 0.454. The molecule has 0 saturated carbocycles. The maximum absolute atomic E-state index is 12.7. The van der Waals surface area contributed by atoms with Crippen LogP contribution in [0.15, 0.2) is 53.5 Å². The Labute approximate surface area is 178 Å². The van der Waals surface area contributed by atoms with Gasteiger partial charge in [0.15, 0.2) is 11.5 Å². The number of ether oxygens (including phenoxy) is 2. The van der Waals surface area contributed by atoms with Gasteiger partial charge in [-0.2, -0.15) is 0 Å². The highest BCUT2D eigenvalue weighted by Crippen LogP contribution is 2.34. The zero-order valence-electron chi connectivity index (χ0n) is 17.1. The number of amides is 2. The van der Waals surface area contributed by atoms with Crippen molar-refractivity contribution in [1.29, 1.82) is 0 Å². The molecule has 160 valence electrons. The van der Waals surface area contributed by atoms with E-state index < -0.39 is 5.91 Å². The molecule has 0 unspecified atom stereocenters. The molecule has 1 aromatic heterocycles. The van der Waals surface area contributed by atoms with Crippen LogP contribution >= 0.6 is 0 Å². The first-order valence-electron chi connectivity index (χ1n) is 10.1. The second kappa shape index (κ2) is 8.91. The number of nitrogens with one attached hydrogen (secondary N) is 2. The summed E-state index contributed by atoms with van der Waals surface area (Å²) in [6, 6.07) is 12.5. The van der Waals surface area contributed by atoms with E-state index in [-0.39, 0.29) is 23.4 Å². The lowest BCUT2D eigenvalue weighted by Gasteiger charge is -2.25. The molecular formula is C23H23N3O5. The van der Waals surface area contributed by atoms with Gasteiger partial charge >= 0.3 is 0 Å². The van der Waals surface area contributed by atoms with Crippen LogP contribution in [-0.2, 0) is 11.3 Å². The van der Waals surface area contributed by atoms with E-state index in [2.05, 4.69) is 10.3 Å².